The molecule has 3 atom stereocenters. The molecule has 1 nitrogen and oxygen atoms in total. The van der Waals surface area contributed by atoms with E-state index in [9.17, 15) is 4.79 Å². The summed E-state index contributed by atoms with van der Waals surface area (Å²) in [6.07, 6.45) is 0.583. The molecule has 1 fully saturated rings. The molecular formula is C14H18OS2. The van der Waals surface area contributed by atoms with Crippen molar-refractivity contribution in [2.45, 2.75) is 36.0 Å². The molecular weight excluding hydrogens is 248 g/mol. The van der Waals surface area contributed by atoms with Crippen molar-refractivity contribution in [3.63, 3.8) is 0 Å². The summed E-state index contributed by atoms with van der Waals surface area (Å²) in [5.74, 6) is 1.36. The fraction of sp³-hybridized carbons (Fsp3) is 0.500. The number of benzene rings is 1. The predicted molar refractivity (Wildman–Crippen MR) is 77.9 cm³/mol. The Morgan fingerprint density at radius 3 is 2.59 bits per heavy atom. The van der Waals surface area contributed by atoms with E-state index in [2.05, 4.69) is 13.8 Å². The molecule has 1 aromatic rings. The molecule has 0 spiro atoms. The van der Waals surface area contributed by atoms with E-state index in [1.807, 2.05) is 53.9 Å². The van der Waals surface area contributed by atoms with E-state index in [0.717, 1.165) is 11.3 Å². The number of rotatable bonds is 3. The Labute approximate surface area is 112 Å². The van der Waals surface area contributed by atoms with Crippen LogP contribution in [0, 0.1) is 0 Å². The van der Waals surface area contributed by atoms with Crippen molar-refractivity contribution in [1.29, 1.82) is 0 Å². The first-order valence-corrected chi connectivity index (χ1v) is 7.99. The van der Waals surface area contributed by atoms with Crippen molar-refractivity contribution >= 4 is 29.3 Å². The average Bonchev–Trinajstić information content (AvgIpc) is 2.34. The summed E-state index contributed by atoms with van der Waals surface area (Å²) in [6, 6.07) is 10.0. The Kier molecular flexibility index (Phi) is 4.57. The van der Waals surface area contributed by atoms with Gasteiger partial charge in [-0.05, 0) is 5.56 Å². The van der Waals surface area contributed by atoms with E-state index in [1.54, 1.807) is 0 Å². The van der Waals surface area contributed by atoms with Crippen molar-refractivity contribution in [2.75, 3.05) is 5.75 Å². The second-order valence-electron chi connectivity index (χ2n) is 4.50. The third kappa shape index (κ3) is 3.52. The minimum atomic E-state index is 0.186. The molecule has 0 saturated carbocycles. The van der Waals surface area contributed by atoms with Crippen LogP contribution < -0.4 is 0 Å². The first-order valence-electron chi connectivity index (χ1n) is 6.00. The van der Waals surface area contributed by atoms with Gasteiger partial charge in [0.1, 0.15) is 0 Å². The van der Waals surface area contributed by atoms with Gasteiger partial charge in [0.15, 0.2) is 5.78 Å². The van der Waals surface area contributed by atoms with Crippen LogP contribution in [0.5, 0.6) is 0 Å². The Morgan fingerprint density at radius 2 is 1.94 bits per heavy atom. The van der Waals surface area contributed by atoms with Crippen LogP contribution >= 0.6 is 23.5 Å². The van der Waals surface area contributed by atoms with Gasteiger partial charge in [-0.3, -0.25) is 4.79 Å². The monoisotopic (exact) mass is 266 g/mol. The number of hydrogen-bond donors (Lipinski definition) is 0. The highest BCUT2D eigenvalue weighted by molar-refractivity contribution is 8.08. The molecule has 0 N–H and O–H groups in total. The lowest BCUT2D eigenvalue weighted by molar-refractivity contribution is -0.117. The predicted octanol–water partition coefficient (Wildman–Crippen LogP) is 3.42. The molecule has 3 heteroatoms. The summed E-state index contributed by atoms with van der Waals surface area (Å²) in [7, 11) is 0. The fourth-order valence-corrected chi connectivity index (χ4v) is 4.75. The Bertz CT molecular complexity index is 377. The molecule has 0 bridgehead atoms. The van der Waals surface area contributed by atoms with Crippen LogP contribution in [-0.4, -0.2) is 27.3 Å². The number of ketones is 1. The summed E-state index contributed by atoms with van der Waals surface area (Å²) < 4.78 is 0. The van der Waals surface area contributed by atoms with Crippen LogP contribution in [0.25, 0.3) is 0 Å². The minimum absolute atomic E-state index is 0.186. The summed E-state index contributed by atoms with van der Waals surface area (Å²) in [6.45, 7) is 4.48. The maximum atomic E-state index is 12.2. The third-order valence-electron chi connectivity index (χ3n) is 3.13. The molecule has 0 aliphatic carbocycles. The molecule has 3 unspecified atom stereocenters. The van der Waals surface area contributed by atoms with Crippen LogP contribution in [0.2, 0.25) is 0 Å². The zero-order chi connectivity index (χ0) is 12.3. The number of carbonyl (C=O) groups is 1. The zero-order valence-electron chi connectivity index (χ0n) is 10.3. The highest BCUT2D eigenvalue weighted by Crippen LogP contribution is 2.36. The lowest BCUT2D eigenvalue weighted by Gasteiger charge is -2.30. The fourth-order valence-electron chi connectivity index (χ4n) is 1.86. The minimum Gasteiger partial charge on any atom is -0.298 e. The maximum absolute atomic E-state index is 12.2. The zero-order valence-corrected chi connectivity index (χ0v) is 11.9. The molecule has 1 heterocycles. The van der Waals surface area contributed by atoms with E-state index in [-0.39, 0.29) is 5.25 Å². The van der Waals surface area contributed by atoms with Crippen LogP contribution in [-0.2, 0) is 11.2 Å². The van der Waals surface area contributed by atoms with Gasteiger partial charge in [-0.2, -0.15) is 11.8 Å². The van der Waals surface area contributed by atoms with Crippen molar-refractivity contribution in [3.8, 4) is 0 Å². The molecule has 0 amide bonds. The van der Waals surface area contributed by atoms with Gasteiger partial charge in [-0.15, -0.1) is 11.8 Å². The molecule has 1 aromatic carbocycles. The first-order chi connectivity index (χ1) is 8.16. The Hall–Kier alpha value is -0.410. The van der Waals surface area contributed by atoms with Gasteiger partial charge in [-0.1, -0.05) is 44.2 Å². The van der Waals surface area contributed by atoms with E-state index < -0.39 is 0 Å². The molecule has 1 saturated heterocycles. The molecule has 92 valence electrons. The molecule has 17 heavy (non-hydrogen) atoms. The van der Waals surface area contributed by atoms with Crippen LogP contribution in [0.15, 0.2) is 30.3 Å². The molecule has 1 aliphatic rings. The van der Waals surface area contributed by atoms with Gasteiger partial charge in [0.2, 0.25) is 0 Å². The lowest BCUT2D eigenvalue weighted by Crippen LogP contribution is -2.32. The quantitative estimate of drug-likeness (QED) is 0.834. The molecule has 0 aromatic heterocycles. The molecule has 2 rings (SSSR count). The third-order valence-corrected chi connectivity index (χ3v) is 6.57. The van der Waals surface area contributed by atoms with Crippen molar-refractivity contribution in [3.05, 3.63) is 35.9 Å². The molecule has 0 radical (unpaired) electrons. The van der Waals surface area contributed by atoms with E-state index >= 15 is 0 Å². The van der Waals surface area contributed by atoms with Gasteiger partial charge < -0.3 is 0 Å². The Balaban J connectivity index is 1.93. The van der Waals surface area contributed by atoms with Gasteiger partial charge in [0, 0.05) is 22.7 Å². The van der Waals surface area contributed by atoms with Gasteiger partial charge in [-0.25, -0.2) is 0 Å². The maximum Gasteiger partial charge on any atom is 0.151 e. The number of hydrogen-bond acceptors (Lipinski definition) is 3. The smallest absolute Gasteiger partial charge is 0.151 e. The normalized spacial score (nSPS) is 28.9. The average molecular weight is 266 g/mol. The number of carbonyl (C=O) groups excluding carboxylic acids is 1. The van der Waals surface area contributed by atoms with E-state index in [0.29, 0.717) is 22.7 Å². The molecule has 1 aliphatic heterocycles. The van der Waals surface area contributed by atoms with Gasteiger partial charge in [0.05, 0.1) is 5.25 Å². The van der Waals surface area contributed by atoms with E-state index in [4.69, 9.17) is 0 Å². The van der Waals surface area contributed by atoms with Gasteiger partial charge >= 0.3 is 0 Å². The highest BCUT2D eigenvalue weighted by Gasteiger charge is 2.29. The number of Topliss-reactive ketones (excluding diaryl/α,β-unsaturated/α-hetero) is 1. The first kappa shape index (κ1) is 13.0. The Morgan fingerprint density at radius 1 is 1.24 bits per heavy atom. The largest absolute Gasteiger partial charge is 0.298 e. The van der Waals surface area contributed by atoms with Gasteiger partial charge in [0.25, 0.3) is 0 Å². The highest BCUT2D eigenvalue weighted by atomic mass is 32.2. The van der Waals surface area contributed by atoms with Crippen molar-refractivity contribution < 1.29 is 4.79 Å². The lowest BCUT2D eigenvalue weighted by atomic mass is 10.1. The summed E-state index contributed by atoms with van der Waals surface area (Å²) in [4.78, 5) is 12.2. The van der Waals surface area contributed by atoms with Crippen LogP contribution in [0.3, 0.4) is 0 Å². The SMILES string of the molecule is CC1SCC(C(=O)Cc2ccccc2)SC1C. The summed E-state index contributed by atoms with van der Waals surface area (Å²) in [5.41, 5.74) is 1.13. The van der Waals surface area contributed by atoms with Crippen LogP contribution in [0.4, 0.5) is 0 Å². The standard InChI is InChI=1S/C14H18OS2/c1-10-11(2)17-14(9-16-10)13(15)8-12-6-4-3-5-7-12/h3-7,10-11,14H,8-9H2,1-2H3. The summed E-state index contributed by atoms with van der Waals surface area (Å²) in [5, 5.41) is 1.44. The number of thioether (sulfide) groups is 2. The van der Waals surface area contributed by atoms with Crippen molar-refractivity contribution in [1.82, 2.24) is 0 Å². The van der Waals surface area contributed by atoms with Crippen LogP contribution in [0.1, 0.15) is 19.4 Å². The second kappa shape index (κ2) is 5.96. The van der Waals surface area contributed by atoms with E-state index in [1.165, 1.54) is 0 Å². The second-order valence-corrected chi connectivity index (χ2v) is 7.49. The van der Waals surface area contributed by atoms with Crippen molar-refractivity contribution in [2.24, 2.45) is 0 Å². The topological polar surface area (TPSA) is 17.1 Å². The summed E-state index contributed by atoms with van der Waals surface area (Å²) >= 11 is 3.78.